The van der Waals surface area contributed by atoms with E-state index in [1.807, 2.05) is 49.5 Å². The Labute approximate surface area is 125 Å². The normalized spacial score (nSPS) is 10.2. The van der Waals surface area contributed by atoms with Crippen molar-refractivity contribution in [2.45, 2.75) is 13.2 Å². The highest BCUT2D eigenvalue weighted by atomic mass is 16.5. The van der Waals surface area contributed by atoms with Gasteiger partial charge in [-0.3, -0.25) is 0 Å². The SMILES string of the molecule is CNCc1ccc(OCc2ccc(OC)cc2)c(OC)c1. The van der Waals surface area contributed by atoms with Gasteiger partial charge in [-0.15, -0.1) is 0 Å². The smallest absolute Gasteiger partial charge is 0.161 e. The number of methoxy groups -OCH3 is 2. The summed E-state index contributed by atoms with van der Waals surface area (Å²) < 4.78 is 16.4. The van der Waals surface area contributed by atoms with Crippen LogP contribution in [0.5, 0.6) is 17.2 Å². The highest BCUT2D eigenvalue weighted by Gasteiger charge is 2.06. The van der Waals surface area contributed by atoms with Crippen molar-refractivity contribution in [2.75, 3.05) is 21.3 Å². The minimum Gasteiger partial charge on any atom is -0.497 e. The van der Waals surface area contributed by atoms with Gasteiger partial charge in [-0.25, -0.2) is 0 Å². The highest BCUT2D eigenvalue weighted by molar-refractivity contribution is 5.43. The Morgan fingerprint density at radius 2 is 1.57 bits per heavy atom. The first-order chi connectivity index (χ1) is 10.3. The number of hydrogen-bond acceptors (Lipinski definition) is 4. The van der Waals surface area contributed by atoms with Crippen LogP contribution < -0.4 is 19.5 Å². The predicted molar refractivity (Wildman–Crippen MR) is 83.1 cm³/mol. The van der Waals surface area contributed by atoms with Crippen LogP contribution >= 0.6 is 0 Å². The van der Waals surface area contributed by atoms with Crippen LogP contribution in [0, 0.1) is 0 Å². The molecule has 2 rings (SSSR count). The molecule has 21 heavy (non-hydrogen) atoms. The van der Waals surface area contributed by atoms with Crippen LogP contribution in [0.25, 0.3) is 0 Å². The molecular formula is C17H21NO3. The van der Waals surface area contributed by atoms with Crippen molar-refractivity contribution in [3.63, 3.8) is 0 Å². The molecule has 0 fully saturated rings. The summed E-state index contributed by atoms with van der Waals surface area (Å²) in [5.41, 5.74) is 2.24. The second-order valence-electron chi connectivity index (χ2n) is 4.65. The molecule has 0 aliphatic carbocycles. The molecule has 0 atom stereocenters. The van der Waals surface area contributed by atoms with Crippen LogP contribution in [0.2, 0.25) is 0 Å². The summed E-state index contributed by atoms with van der Waals surface area (Å²) in [6.07, 6.45) is 0. The lowest BCUT2D eigenvalue weighted by Gasteiger charge is -2.12. The standard InChI is InChI=1S/C17H21NO3/c1-18-11-14-6-9-16(17(10-14)20-3)21-12-13-4-7-15(19-2)8-5-13/h4-10,18H,11-12H2,1-3H3. The lowest BCUT2D eigenvalue weighted by Crippen LogP contribution is -2.05. The van der Waals surface area contributed by atoms with Crippen molar-refractivity contribution < 1.29 is 14.2 Å². The topological polar surface area (TPSA) is 39.7 Å². The first-order valence-corrected chi connectivity index (χ1v) is 6.84. The largest absolute Gasteiger partial charge is 0.497 e. The molecule has 2 aromatic carbocycles. The molecule has 0 heterocycles. The minimum absolute atomic E-state index is 0.492. The molecule has 4 nitrogen and oxygen atoms in total. The Morgan fingerprint density at radius 3 is 2.19 bits per heavy atom. The van der Waals surface area contributed by atoms with Gasteiger partial charge in [-0.05, 0) is 42.4 Å². The number of ether oxygens (including phenoxy) is 3. The molecule has 0 saturated carbocycles. The summed E-state index contributed by atoms with van der Waals surface area (Å²) in [6.45, 7) is 1.29. The zero-order valence-electron chi connectivity index (χ0n) is 12.7. The van der Waals surface area contributed by atoms with Crippen molar-refractivity contribution in [3.8, 4) is 17.2 Å². The zero-order chi connectivity index (χ0) is 15.1. The molecule has 1 N–H and O–H groups in total. The highest BCUT2D eigenvalue weighted by Crippen LogP contribution is 2.29. The molecule has 0 bridgehead atoms. The van der Waals surface area contributed by atoms with Crippen LogP contribution in [0.4, 0.5) is 0 Å². The van der Waals surface area contributed by atoms with E-state index >= 15 is 0 Å². The maximum Gasteiger partial charge on any atom is 0.161 e. The maximum atomic E-state index is 5.83. The third-order valence-electron chi connectivity index (χ3n) is 3.16. The molecule has 0 unspecified atom stereocenters. The molecule has 2 aromatic rings. The van der Waals surface area contributed by atoms with E-state index in [4.69, 9.17) is 14.2 Å². The van der Waals surface area contributed by atoms with Crippen LogP contribution in [0.3, 0.4) is 0 Å². The van der Waals surface area contributed by atoms with E-state index in [1.54, 1.807) is 14.2 Å². The van der Waals surface area contributed by atoms with E-state index in [0.29, 0.717) is 6.61 Å². The van der Waals surface area contributed by atoms with Gasteiger partial charge < -0.3 is 19.5 Å². The fraction of sp³-hybridized carbons (Fsp3) is 0.294. The first-order valence-electron chi connectivity index (χ1n) is 6.84. The molecule has 0 aromatic heterocycles. The van der Waals surface area contributed by atoms with Crippen molar-refractivity contribution in [1.82, 2.24) is 5.32 Å². The van der Waals surface area contributed by atoms with Crippen molar-refractivity contribution in [2.24, 2.45) is 0 Å². The molecule has 0 amide bonds. The lowest BCUT2D eigenvalue weighted by atomic mass is 10.2. The van der Waals surface area contributed by atoms with E-state index in [2.05, 4.69) is 5.32 Å². The average molecular weight is 287 g/mol. The summed E-state index contributed by atoms with van der Waals surface area (Å²) in [5, 5.41) is 3.12. The summed E-state index contributed by atoms with van der Waals surface area (Å²) in [5.74, 6) is 2.33. The number of rotatable bonds is 7. The molecule has 112 valence electrons. The second-order valence-corrected chi connectivity index (χ2v) is 4.65. The summed E-state index contributed by atoms with van der Waals surface area (Å²) in [4.78, 5) is 0. The Hall–Kier alpha value is -2.20. The van der Waals surface area contributed by atoms with Crippen LogP contribution in [-0.4, -0.2) is 21.3 Å². The Bertz CT molecular complexity index is 567. The second kappa shape index (κ2) is 7.55. The first kappa shape index (κ1) is 15.2. The Balaban J connectivity index is 2.04. The maximum absolute atomic E-state index is 5.83. The van der Waals surface area contributed by atoms with Crippen LogP contribution in [-0.2, 0) is 13.2 Å². The fourth-order valence-corrected chi connectivity index (χ4v) is 2.03. The Kier molecular flexibility index (Phi) is 5.46. The monoisotopic (exact) mass is 287 g/mol. The molecule has 0 aliphatic rings. The van der Waals surface area contributed by atoms with Gasteiger partial charge in [0.25, 0.3) is 0 Å². The van der Waals surface area contributed by atoms with Gasteiger partial charge in [0.15, 0.2) is 11.5 Å². The van der Waals surface area contributed by atoms with E-state index < -0.39 is 0 Å². The van der Waals surface area contributed by atoms with Crippen LogP contribution in [0.15, 0.2) is 42.5 Å². The van der Waals surface area contributed by atoms with Gasteiger partial charge in [0, 0.05) is 6.54 Å². The minimum atomic E-state index is 0.492. The van der Waals surface area contributed by atoms with Crippen molar-refractivity contribution in [1.29, 1.82) is 0 Å². The molecule has 0 radical (unpaired) electrons. The van der Waals surface area contributed by atoms with E-state index in [9.17, 15) is 0 Å². The summed E-state index contributed by atoms with van der Waals surface area (Å²) in [7, 11) is 5.22. The fourth-order valence-electron chi connectivity index (χ4n) is 2.03. The molecule has 0 aliphatic heterocycles. The van der Waals surface area contributed by atoms with E-state index in [1.165, 1.54) is 0 Å². The quantitative estimate of drug-likeness (QED) is 0.850. The van der Waals surface area contributed by atoms with Crippen molar-refractivity contribution >= 4 is 0 Å². The van der Waals surface area contributed by atoms with Crippen LogP contribution in [0.1, 0.15) is 11.1 Å². The predicted octanol–water partition coefficient (Wildman–Crippen LogP) is 3.00. The number of nitrogens with one attached hydrogen (secondary N) is 1. The van der Waals surface area contributed by atoms with Gasteiger partial charge in [-0.2, -0.15) is 0 Å². The average Bonchev–Trinajstić information content (AvgIpc) is 2.54. The molecule has 0 spiro atoms. The van der Waals surface area contributed by atoms with Crippen molar-refractivity contribution in [3.05, 3.63) is 53.6 Å². The molecular weight excluding hydrogens is 266 g/mol. The Morgan fingerprint density at radius 1 is 0.857 bits per heavy atom. The number of benzene rings is 2. The van der Waals surface area contributed by atoms with Gasteiger partial charge >= 0.3 is 0 Å². The van der Waals surface area contributed by atoms with E-state index in [-0.39, 0.29) is 0 Å². The van der Waals surface area contributed by atoms with Gasteiger partial charge in [0.1, 0.15) is 12.4 Å². The van der Waals surface area contributed by atoms with Gasteiger partial charge in [-0.1, -0.05) is 18.2 Å². The van der Waals surface area contributed by atoms with Gasteiger partial charge in [0.05, 0.1) is 14.2 Å². The molecule has 0 saturated heterocycles. The van der Waals surface area contributed by atoms with Gasteiger partial charge in [0.2, 0.25) is 0 Å². The third kappa shape index (κ3) is 4.13. The zero-order valence-corrected chi connectivity index (χ0v) is 12.7. The lowest BCUT2D eigenvalue weighted by molar-refractivity contribution is 0.284. The summed E-state index contributed by atoms with van der Waals surface area (Å²) in [6, 6.07) is 13.8. The number of hydrogen-bond donors (Lipinski definition) is 1. The third-order valence-corrected chi connectivity index (χ3v) is 3.16. The van der Waals surface area contributed by atoms with E-state index in [0.717, 1.165) is 34.9 Å². The molecule has 4 heteroatoms. The summed E-state index contributed by atoms with van der Waals surface area (Å²) >= 11 is 0.